The smallest absolute Gasteiger partial charge is 0.434 e. The maximum absolute atomic E-state index is 12.8. The number of hydrogen-bond acceptors (Lipinski definition) is 8. The highest BCUT2D eigenvalue weighted by molar-refractivity contribution is 5.83. The Labute approximate surface area is 133 Å². The third kappa shape index (κ3) is 2.81. The zero-order chi connectivity index (χ0) is 18.3. The maximum Gasteiger partial charge on any atom is 0.434 e. The van der Waals surface area contributed by atoms with Crippen LogP contribution in [-0.2, 0) is 15.7 Å². The molecule has 24 heavy (non-hydrogen) atoms. The third-order valence-electron chi connectivity index (χ3n) is 3.41. The Bertz CT molecular complexity index is 653. The molecule has 1 atom stereocenters. The Morgan fingerprint density at radius 2 is 1.92 bits per heavy atom. The Kier molecular flexibility index (Phi) is 4.52. The van der Waals surface area contributed by atoms with E-state index in [0.717, 1.165) is 0 Å². The van der Waals surface area contributed by atoms with E-state index < -0.39 is 40.9 Å². The first-order chi connectivity index (χ1) is 11.0. The minimum absolute atomic E-state index is 0.156. The van der Waals surface area contributed by atoms with Crippen LogP contribution >= 0.6 is 0 Å². The number of ether oxygens (including phenoxy) is 1. The van der Waals surface area contributed by atoms with Gasteiger partial charge in [-0.25, -0.2) is 0 Å². The number of carbonyl (C=O) groups excluding carboxylic acids is 1. The van der Waals surface area contributed by atoms with Crippen LogP contribution in [0.3, 0.4) is 0 Å². The second-order valence-electron chi connectivity index (χ2n) is 5.10. The number of unbranched alkanes of at least 4 members (excludes halogenated alkanes) is 1. The lowest BCUT2D eigenvalue weighted by Crippen LogP contribution is -2.58. The second kappa shape index (κ2) is 6.00. The van der Waals surface area contributed by atoms with Gasteiger partial charge in [-0.1, -0.05) is 13.3 Å². The summed E-state index contributed by atoms with van der Waals surface area (Å²) in [4.78, 5) is 11.6. The molecule has 0 radical (unpaired) electrons. The van der Waals surface area contributed by atoms with E-state index in [1.54, 1.807) is 6.92 Å². The summed E-state index contributed by atoms with van der Waals surface area (Å²) in [5, 5.41) is 39.1. The van der Waals surface area contributed by atoms with Gasteiger partial charge in [-0.15, -0.1) is 0 Å². The fourth-order valence-electron chi connectivity index (χ4n) is 2.18. The molecule has 4 N–H and O–H groups in total. The van der Waals surface area contributed by atoms with Crippen molar-refractivity contribution in [3.05, 3.63) is 17.7 Å². The Morgan fingerprint density at radius 3 is 2.46 bits per heavy atom. The fraction of sp³-hybridized carbons (Fsp3) is 0.462. The normalized spacial score (nSPS) is 20.3. The number of rotatable bonds is 4. The van der Waals surface area contributed by atoms with Crippen LogP contribution in [0.5, 0.6) is 5.75 Å². The number of alkyl halides is 3. The van der Waals surface area contributed by atoms with Crippen LogP contribution in [0.15, 0.2) is 12.1 Å². The van der Waals surface area contributed by atoms with Crippen molar-refractivity contribution in [1.82, 2.24) is 0 Å². The molecule has 0 bridgehead atoms. The van der Waals surface area contributed by atoms with E-state index in [1.165, 1.54) is 0 Å². The number of aromatic hydroxyl groups is 1. The average molecular weight is 352 g/mol. The second-order valence-corrected chi connectivity index (χ2v) is 5.10. The molecule has 1 aromatic rings. The van der Waals surface area contributed by atoms with Gasteiger partial charge in [0.15, 0.2) is 5.75 Å². The Hall–Kier alpha value is -2.24. The minimum Gasteiger partial charge on any atom is -0.505 e. The number of benzene rings is 1. The molecule has 0 aliphatic carbocycles. The van der Waals surface area contributed by atoms with Gasteiger partial charge in [0.25, 0.3) is 0 Å². The van der Waals surface area contributed by atoms with Gasteiger partial charge in [0, 0.05) is 6.42 Å². The molecule has 1 aromatic carbocycles. The topological polar surface area (TPSA) is 114 Å². The van der Waals surface area contributed by atoms with E-state index in [1.807, 2.05) is 0 Å². The largest absolute Gasteiger partial charge is 0.505 e. The molecule has 0 fully saturated rings. The quantitative estimate of drug-likeness (QED) is 0.482. The van der Waals surface area contributed by atoms with E-state index in [0.29, 0.717) is 25.0 Å². The summed E-state index contributed by atoms with van der Waals surface area (Å²) >= 11 is 0. The summed E-state index contributed by atoms with van der Waals surface area (Å²) in [6.45, 7) is 1.78. The number of phenolic OH excluding ortho intramolecular Hbond substituents is 1. The van der Waals surface area contributed by atoms with E-state index in [2.05, 4.69) is 4.74 Å². The molecule has 0 saturated heterocycles. The van der Waals surface area contributed by atoms with E-state index in [-0.39, 0.29) is 16.5 Å². The van der Waals surface area contributed by atoms with Crippen molar-refractivity contribution in [3.8, 4) is 5.75 Å². The standard InChI is InChI=1S/C13H15F3N2O6/c1-2-3-4-9(19)24-13(21)17(22)8-6-5-7(12(14,15)16)11(20)10(8)18(13)23/h5-6,20-23H,2-4H2,1H3. The van der Waals surface area contributed by atoms with Crippen LogP contribution in [0.2, 0.25) is 0 Å². The van der Waals surface area contributed by atoms with Gasteiger partial charge in [-0.05, 0) is 18.6 Å². The highest BCUT2D eigenvalue weighted by atomic mass is 19.4. The van der Waals surface area contributed by atoms with Gasteiger partial charge in [0.2, 0.25) is 0 Å². The van der Waals surface area contributed by atoms with Crippen molar-refractivity contribution < 1.29 is 43.3 Å². The van der Waals surface area contributed by atoms with Crippen molar-refractivity contribution in [2.45, 2.75) is 38.4 Å². The van der Waals surface area contributed by atoms with Gasteiger partial charge in [-0.2, -0.15) is 23.3 Å². The molecule has 0 aromatic heterocycles. The van der Waals surface area contributed by atoms with Crippen LogP contribution in [0.25, 0.3) is 0 Å². The number of aliphatic hydroxyl groups is 1. The lowest BCUT2D eigenvalue weighted by atomic mass is 10.1. The molecule has 2 rings (SSSR count). The lowest BCUT2D eigenvalue weighted by molar-refractivity contribution is -0.249. The van der Waals surface area contributed by atoms with Crippen molar-refractivity contribution in [1.29, 1.82) is 0 Å². The molecule has 8 nitrogen and oxygen atoms in total. The van der Waals surface area contributed by atoms with Crippen molar-refractivity contribution in [2.75, 3.05) is 10.1 Å². The maximum atomic E-state index is 12.8. The molecule has 0 amide bonds. The number of esters is 1. The third-order valence-corrected chi connectivity index (χ3v) is 3.41. The predicted molar refractivity (Wildman–Crippen MR) is 72.2 cm³/mol. The molecule has 134 valence electrons. The molecule has 1 aliphatic heterocycles. The zero-order valence-corrected chi connectivity index (χ0v) is 12.4. The summed E-state index contributed by atoms with van der Waals surface area (Å²) in [7, 11) is 0. The van der Waals surface area contributed by atoms with Gasteiger partial charge >= 0.3 is 18.2 Å². The summed E-state index contributed by atoms with van der Waals surface area (Å²) in [5.41, 5.74) is -3.05. The number of anilines is 2. The number of phenols is 1. The molecule has 1 unspecified atom stereocenters. The van der Waals surface area contributed by atoms with Crippen LogP contribution in [-0.4, -0.2) is 32.6 Å². The number of carbonyl (C=O) groups is 1. The molecular weight excluding hydrogens is 337 g/mol. The summed E-state index contributed by atoms with van der Waals surface area (Å²) in [5.74, 6) is -2.46. The molecule has 11 heteroatoms. The number of fused-ring (bicyclic) bond motifs is 1. The average Bonchev–Trinajstić information content (AvgIpc) is 2.67. The summed E-state index contributed by atoms with van der Waals surface area (Å²) < 4.78 is 43.0. The van der Waals surface area contributed by atoms with Crippen molar-refractivity contribution in [3.63, 3.8) is 0 Å². The number of hydrogen-bond donors (Lipinski definition) is 4. The number of nitrogens with zero attached hydrogens (tertiary/aromatic N) is 2. The molecule has 0 spiro atoms. The highest BCUT2D eigenvalue weighted by Gasteiger charge is 2.55. The number of hydroxylamine groups is 2. The van der Waals surface area contributed by atoms with Crippen LogP contribution < -0.4 is 10.1 Å². The summed E-state index contributed by atoms with van der Waals surface area (Å²) in [6.07, 6.45) is -4.09. The first-order valence-corrected chi connectivity index (χ1v) is 6.89. The van der Waals surface area contributed by atoms with E-state index in [4.69, 9.17) is 0 Å². The first-order valence-electron chi connectivity index (χ1n) is 6.89. The molecule has 1 heterocycles. The Balaban J connectivity index is 2.40. The fourth-order valence-corrected chi connectivity index (χ4v) is 2.18. The Morgan fingerprint density at radius 1 is 1.29 bits per heavy atom. The van der Waals surface area contributed by atoms with Crippen molar-refractivity contribution in [2.24, 2.45) is 0 Å². The van der Waals surface area contributed by atoms with Gasteiger partial charge in [0.05, 0.1) is 5.56 Å². The SMILES string of the molecule is CCCCC(=O)OC1(O)N(O)c2ccc(C(F)(F)F)c(O)c2N1O. The highest BCUT2D eigenvalue weighted by Crippen LogP contribution is 2.51. The van der Waals surface area contributed by atoms with Crippen LogP contribution in [0.4, 0.5) is 24.5 Å². The van der Waals surface area contributed by atoms with Gasteiger partial charge in [-0.3, -0.25) is 15.2 Å². The van der Waals surface area contributed by atoms with Gasteiger partial charge < -0.3 is 14.9 Å². The minimum atomic E-state index is -4.95. The predicted octanol–water partition coefficient (Wildman–Crippen LogP) is 2.15. The lowest BCUT2D eigenvalue weighted by Gasteiger charge is -2.31. The monoisotopic (exact) mass is 352 g/mol. The molecule has 0 saturated carbocycles. The van der Waals surface area contributed by atoms with Crippen LogP contribution in [0, 0.1) is 0 Å². The van der Waals surface area contributed by atoms with E-state index >= 15 is 0 Å². The molecule has 1 aliphatic rings. The first kappa shape index (κ1) is 18.1. The summed E-state index contributed by atoms with van der Waals surface area (Å²) in [6, 6.07) is -2.07. The van der Waals surface area contributed by atoms with Crippen LogP contribution in [0.1, 0.15) is 31.7 Å². The molecular formula is C13H15F3N2O6. The van der Waals surface area contributed by atoms with E-state index in [9.17, 15) is 38.6 Å². The zero-order valence-electron chi connectivity index (χ0n) is 12.4. The van der Waals surface area contributed by atoms with Crippen molar-refractivity contribution >= 4 is 17.3 Å². The number of halogens is 3. The van der Waals surface area contributed by atoms with Gasteiger partial charge in [0.1, 0.15) is 11.4 Å².